The van der Waals surface area contributed by atoms with Crippen molar-refractivity contribution in [3.63, 3.8) is 0 Å². The van der Waals surface area contributed by atoms with Gasteiger partial charge >= 0.3 is 0 Å². The highest BCUT2D eigenvalue weighted by atomic mass is 16.3. The van der Waals surface area contributed by atoms with Crippen molar-refractivity contribution >= 4 is 12.2 Å². The molecule has 30 heavy (non-hydrogen) atoms. The molecule has 0 bridgehead atoms. The molecule has 0 aliphatic rings. The quantitative estimate of drug-likeness (QED) is 0.229. The highest BCUT2D eigenvalue weighted by Gasteiger charge is 2.08. The maximum absolute atomic E-state index is 10.4. The van der Waals surface area contributed by atoms with Crippen LogP contribution in [0.1, 0.15) is 101 Å². The van der Waals surface area contributed by atoms with Gasteiger partial charge in [-0.3, -0.25) is 0 Å². The number of hydrogen-bond donors (Lipinski definition) is 2. The summed E-state index contributed by atoms with van der Waals surface area (Å²) in [7, 11) is 0. The molecule has 2 rings (SSSR count). The summed E-state index contributed by atoms with van der Waals surface area (Å²) in [6, 6.07) is 13.5. The lowest BCUT2D eigenvalue weighted by molar-refractivity contribution is 0.435. The van der Waals surface area contributed by atoms with Crippen LogP contribution in [-0.2, 0) is 6.42 Å². The number of benzene rings is 2. The lowest BCUT2D eigenvalue weighted by atomic mass is 10.0. The van der Waals surface area contributed by atoms with Crippen molar-refractivity contribution in [1.82, 2.24) is 0 Å². The van der Waals surface area contributed by atoms with Crippen LogP contribution in [0.5, 0.6) is 11.5 Å². The number of phenolic OH excluding ortho intramolecular Hbond substituents is 2. The first-order valence-electron chi connectivity index (χ1n) is 12.0. The van der Waals surface area contributed by atoms with Crippen molar-refractivity contribution in [3.05, 3.63) is 59.2 Å². The second kappa shape index (κ2) is 14.7. The van der Waals surface area contributed by atoms with Gasteiger partial charge in [0.25, 0.3) is 0 Å². The van der Waals surface area contributed by atoms with E-state index in [1.54, 1.807) is 12.1 Å². The normalized spacial score (nSPS) is 11.4. The second-order valence-corrected chi connectivity index (χ2v) is 8.42. The molecule has 0 fully saturated rings. The van der Waals surface area contributed by atoms with Crippen LogP contribution in [0.2, 0.25) is 0 Å². The highest BCUT2D eigenvalue weighted by molar-refractivity contribution is 5.71. The van der Waals surface area contributed by atoms with E-state index >= 15 is 0 Å². The van der Waals surface area contributed by atoms with Crippen LogP contribution in [0.4, 0.5) is 0 Å². The summed E-state index contributed by atoms with van der Waals surface area (Å²) in [6.07, 6.45) is 20.4. The maximum Gasteiger partial charge on any atom is 0.123 e. The maximum atomic E-state index is 10.4. The topological polar surface area (TPSA) is 40.5 Å². The van der Waals surface area contributed by atoms with Crippen molar-refractivity contribution in [2.24, 2.45) is 0 Å². The molecule has 2 heteroatoms. The van der Waals surface area contributed by atoms with E-state index in [2.05, 4.69) is 6.92 Å². The fourth-order valence-corrected chi connectivity index (χ4v) is 3.91. The van der Waals surface area contributed by atoms with E-state index in [0.29, 0.717) is 5.56 Å². The van der Waals surface area contributed by atoms with Gasteiger partial charge in [0.2, 0.25) is 0 Å². The molecule has 0 spiro atoms. The zero-order chi connectivity index (χ0) is 21.4. The van der Waals surface area contributed by atoms with Crippen LogP contribution in [0.15, 0.2) is 42.5 Å². The monoisotopic (exact) mass is 408 g/mol. The molecule has 0 aliphatic heterocycles. The fourth-order valence-electron chi connectivity index (χ4n) is 3.91. The smallest absolute Gasteiger partial charge is 0.123 e. The summed E-state index contributed by atoms with van der Waals surface area (Å²) in [4.78, 5) is 0. The molecule has 2 aromatic rings. The molecule has 0 aromatic heterocycles. The Kier molecular flexibility index (Phi) is 11.8. The molecule has 2 aromatic carbocycles. The second-order valence-electron chi connectivity index (χ2n) is 8.42. The minimum atomic E-state index is 0.200. The minimum absolute atomic E-state index is 0.200. The molecule has 0 atom stereocenters. The Morgan fingerprint density at radius 3 is 1.60 bits per heavy atom. The summed E-state index contributed by atoms with van der Waals surface area (Å²) in [5, 5.41) is 20.7. The standard InChI is InChI=1S/C28H40O2/c1-2-3-4-5-6-7-8-9-10-11-12-16-19-26-27(29)22-25(23-28(26)30)21-20-24-17-14-13-15-18-24/h13-15,17-18,20-23,29-30H,2-12,16,19H2,1H3. The first kappa shape index (κ1) is 24.1. The lowest BCUT2D eigenvalue weighted by Gasteiger charge is -2.09. The van der Waals surface area contributed by atoms with Crippen molar-refractivity contribution in [2.75, 3.05) is 0 Å². The summed E-state index contributed by atoms with van der Waals surface area (Å²) in [5.74, 6) is 0.400. The van der Waals surface area contributed by atoms with Gasteiger partial charge in [0.05, 0.1) is 0 Å². The first-order valence-corrected chi connectivity index (χ1v) is 12.0. The minimum Gasteiger partial charge on any atom is -0.508 e. The van der Waals surface area contributed by atoms with Crippen molar-refractivity contribution in [3.8, 4) is 11.5 Å². The number of unbranched alkanes of at least 4 members (excludes halogenated alkanes) is 11. The molecule has 164 valence electrons. The number of hydrogen-bond acceptors (Lipinski definition) is 2. The third-order valence-electron chi connectivity index (χ3n) is 5.77. The molecule has 0 aliphatic carbocycles. The molecule has 0 unspecified atom stereocenters. The molecule has 0 saturated heterocycles. The van der Waals surface area contributed by atoms with Gasteiger partial charge in [0.1, 0.15) is 11.5 Å². The first-order chi connectivity index (χ1) is 14.7. The van der Waals surface area contributed by atoms with Gasteiger partial charge in [-0.2, -0.15) is 0 Å². The third-order valence-corrected chi connectivity index (χ3v) is 5.77. The van der Waals surface area contributed by atoms with Crippen LogP contribution in [0.3, 0.4) is 0 Å². The summed E-state index contributed by atoms with van der Waals surface area (Å²) >= 11 is 0. The predicted molar refractivity (Wildman–Crippen MR) is 130 cm³/mol. The molecule has 0 radical (unpaired) electrons. The zero-order valence-electron chi connectivity index (χ0n) is 18.8. The van der Waals surface area contributed by atoms with Gasteiger partial charge < -0.3 is 10.2 Å². The Bertz CT molecular complexity index is 711. The van der Waals surface area contributed by atoms with Crippen LogP contribution < -0.4 is 0 Å². The Morgan fingerprint density at radius 1 is 0.600 bits per heavy atom. The van der Waals surface area contributed by atoms with Crippen LogP contribution in [-0.4, -0.2) is 10.2 Å². The van der Waals surface area contributed by atoms with Gasteiger partial charge in [0, 0.05) is 5.56 Å². The van der Waals surface area contributed by atoms with E-state index in [1.807, 2.05) is 42.5 Å². The fraction of sp³-hybridized carbons (Fsp3) is 0.500. The molecule has 0 saturated carbocycles. The van der Waals surface area contributed by atoms with Crippen LogP contribution in [0.25, 0.3) is 12.2 Å². The molecular formula is C28H40O2. The Labute approximate surface area is 183 Å². The van der Waals surface area contributed by atoms with Crippen molar-refractivity contribution in [1.29, 1.82) is 0 Å². The SMILES string of the molecule is CCCCCCCCCCCCCCc1c(O)cc(C=Cc2ccccc2)cc1O. The van der Waals surface area contributed by atoms with Gasteiger partial charge in [-0.15, -0.1) is 0 Å². The van der Waals surface area contributed by atoms with E-state index in [1.165, 1.54) is 64.2 Å². The van der Waals surface area contributed by atoms with Crippen molar-refractivity contribution < 1.29 is 10.2 Å². The average molecular weight is 409 g/mol. The van der Waals surface area contributed by atoms with Gasteiger partial charge in [0.15, 0.2) is 0 Å². The van der Waals surface area contributed by atoms with E-state index in [-0.39, 0.29) is 11.5 Å². The molecule has 2 nitrogen and oxygen atoms in total. The number of rotatable bonds is 15. The summed E-state index contributed by atoms with van der Waals surface area (Å²) in [6.45, 7) is 2.27. The Morgan fingerprint density at radius 2 is 1.07 bits per heavy atom. The van der Waals surface area contributed by atoms with E-state index in [4.69, 9.17) is 0 Å². The van der Waals surface area contributed by atoms with Crippen LogP contribution in [0, 0.1) is 0 Å². The van der Waals surface area contributed by atoms with E-state index in [0.717, 1.165) is 30.4 Å². The lowest BCUT2D eigenvalue weighted by Crippen LogP contribution is -1.90. The molecule has 0 heterocycles. The van der Waals surface area contributed by atoms with Crippen molar-refractivity contribution in [2.45, 2.75) is 90.4 Å². The Balaban J connectivity index is 1.63. The predicted octanol–water partition coefficient (Wildman–Crippen LogP) is 8.51. The summed E-state index contributed by atoms with van der Waals surface area (Å²) < 4.78 is 0. The number of phenols is 2. The third kappa shape index (κ3) is 9.52. The van der Waals surface area contributed by atoms with E-state index < -0.39 is 0 Å². The molecular weight excluding hydrogens is 368 g/mol. The van der Waals surface area contributed by atoms with E-state index in [9.17, 15) is 10.2 Å². The number of aromatic hydroxyl groups is 2. The highest BCUT2D eigenvalue weighted by Crippen LogP contribution is 2.31. The summed E-state index contributed by atoms with van der Waals surface area (Å²) in [5.41, 5.74) is 2.59. The molecule has 2 N–H and O–H groups in total. The van der Waals surface area contributed by atoms with Gasteiger partial charge in [-0.05, 0) is 36.1 Å². The zero-order valence-corrected chi connectivity index (χ0v) is 18.8. The van der Waals surface area contributed by atoms with Gasteiger partial charge in [-0.1, -0.05) is 120 Å². The largest absolute Gasteiger partial charge is 0.508 e. The van der Waals surface area contributed by atoms with Gasteiger partial charge in [-0.25, -0.2) is 0 Å². The molecule has 0 amide bonds. The Hall–Kier alpha value is -2.22. The average Bonchev–Trinajstić information content (AvgIpc) is 2.75. The van der Waals surface area contributed by atoms with Crippen LogP contribution >= 0.6 is 0 Å².